The van der Waals surface area contributed by atoms with E-state index in [-0.39, 0.29) is 12.4 Å². The lowest BCUT2D eigenvalue weighted by molar-refractivity contribution is -0.140. The largest absolute Gasteiger partial charge is 0.468 e. The number of alkyl halides is 1. The number of methoxy groups -OCH3 is 1. The number of benzene rings is 1. The zero-order chi connectivity index (χ0) is 12.8. The smallest absolute Gasteiger partial charge is 0.325 e. The highest BCUT2D eigenvalue weighted by atomic mass is 79.9. The summed E-state index contributed by atoms with van der Waals surface area (Å²) in [5.41, 5.74) is 0.763. The van der Waals surface area contributed by atoms with Crippen molar-refractivity contribution in [1.29, 1.82) is 0 Å². The van der Waals surface area contributed by atoms with Crippen molar-refractivity contribution >= 4 is 33.5 Å². The van der Waals surface area contributed by atoms with Crippen molar-refractivity contribution in [3.63, 3.8) is 0 Å². The van der Waals surface area contributed by atoms with Crippen LogP contribution in [-0.4, -0.2) is 25.0 Å². The maximum atomic E-state index is 13.2. The fourth-order valence-electron chi connectivity index (χ4n) is 1.23. The Balaban J connectivity index is 2.46. The molecule has 0 aliphatic heterocycles. The minimum atomic E-state index is -0.743. The third-order valence-electron chi connectivity index (χ3n) is 2.13. The van der Waals surface area contributed by atoms with Crippen LogP contribution in [0.5, 0.6) is 0 Å². The lowest BCUT2D eigenvalue weighted by Gasteiger charge is -2.10. The molecule has 0 radical (unpaired) electrons. The van der Waals surface area contributed by atoms with E-state index in [4.69, 9.17) is 11.6 Å². The van der Waals surface area contributed by atoms with Gasteiger partial charge in [-0.25, -0.2) is 4.39 Å². The van der Waals surface area contributed by atoms with Crippen LogP contribution in [-0.2, 0) is 16.1 Å². The monoisotopic (exact) mass is 323 g/mol. The molecule has 0 bridgehead atoms. The molecule has 0 amide bonds. The maximum Gasteiger partial charge on any atom is 0.325 e. The molecular weight excluding hydrogens is 312 g/mol. The zero-order valence-electron chi connectivity index (χ0n) is 9.17. The van der Waals surface area contributed by atoms with E-state index in [0.29, 0.717) is 11.0 Å². The Morgan fingerprint density at radius 1 is 1.65 bits per heavy atom. The highest BCUT2D eigenvalue weighted by Crippen LogP contribution is 2.20. The van der Waals surface area contributed by atoms with Gasteiger partial charge in [0.1, 0.15) is 11.2 Å². The first-order valence-electron chi connectivity index (χ1n) is 4.91. The maximum absolute atomic E-state index is 13.2. The van der Waals surface area contributed by atoms with Gasteiger partial charge >= 0.3 is 5.97 Å². The first-order chi connectivity index (χ1) is 8.06. The summed E-state index contributed by atoms with van der Waals surface area (Å²) in [6.07, 6.45) is 0. The quantitative estimate of drug-likeness (QED) is 0.668. The molecule has 1 atom stereocenters. The van der Waals surface area contributed by atoms with Crippen molar-refractivity contribution in [3.05, 3.63) is 34.1 Å². The van der Waals surface area contributed by atoms with E-state index in [1.54, 1.807) is 12.1 Å². The van der Waals surface area contributed by atoms with Gasteiger partial charge in [-0.05, 0) is 27.6 Å². The van der Waals surface area contributed by atoms with Crippen molar-refractivity contribution in [1.82, 2.24) is 5.32 Å². The molecule has 0 aliphatic carbocycles. The summed E-state index contributed by atoms with van der Waals surface area (Å²) in [6, 6.07) is 4.77. The number of rotatable bonds is 5. The lowest BCUT2D eigenvalue weighted by atomic mass is 10.2. The third-order valence-corrected chi connectivity index (χ3v) is 3.35. The van der Waals surface area contributed by atoms with Crippen molar-refractivity contribution in [2.24, 2.45) is 0 Å². The van der Waals surface area contributed by atoms with Crippen LogP contribution < -0.4 is 5.32 Å². The van der Waals surface area contributed by atoms with Gasteiger partial charge in [-0.2, -0.15) is 0 Å². The molecule has 0 aromatic heterocycles. The van der Waals surface area contributed by atoms with E-state index < -0.39 is 11.3 Å². The molecule has 0 fully saturated rings. The van der Waals surface area contributed by atoms with E-state index >= 15 is 0 Å². The van der Waals surface area contributed by atoms with Crippen molar-refractivity contribution in [2.45, 2.75) is 11.9 Å². The average molecular weight is 325 g/mol. The Hall–Kier alpha value is -0.650. The first kappa shape index (κ1) is 14.4. The van der Waals surface area contributed by atoms with Gasteiger partial charge in [0.2, 0.25) is 0 Å². The van der Waals surface area contributed by atoms with Gasteiger partial charge in [-0.1, -0.05) is 12.1 Å². The molecule has 0 heterocycles. The van der Waals surface area contributed by atoms with Crippen molar-refractivity contribution in [2.75, 3.05) is 13.7 Å². The van der Waals surface area contributed by atoms with Gasteiger partial charge in [0, 0.05) is 13.1 Å². The van der Waals surface area contributed by atoms with Crippen molar-refractivity contribution < 1.29 is 13.9 Å². The van der Waals surface area contributed by atoms with E-state index in [0.717, 1.165) is 5.56 Å². The fourth-order valence-corrected chi connectivity index (χ4v) is 1.83. The molecule has 1 N–H and O–H groups in total. The van der Waals surface area contributed by atoms with Crippen molar-refractivity contribution in [3.8, 4) is 0 Å². The average Bonchev–Trinajstić information content (AvgIpc) is 2.33. The summed E-state index contributed by atoms with van der Waals surface area (Å²) in [4.78, 5) is 11.0. The molecule has 0 aliphatic rings. The minimum absolute atomic E-state index is 0.261. The molecule has 0 spiro atoms. The summed E-state index contributed by atoms with van der Waals surface area (Å²) in [5, 5.41) is 2.21. The molecule has 0 saturated carbocycles. The topological polar surface area (TPSA) is 38.3 Å². The van der Waals surface area contributed by atoms with Crippen LogP contribution in [0.2, 0.25) is 0 Å². The molecule has 1 aromatic carbocycles. The number of hydrogen-bond acceptors (Lipinski definition) is 3. The molecular formula is C11H12BrClFNO2. The number of carbonyl (C=O) groups is 1. The Morgan fingerprint density at radius 3 is 3.00 bits per heavy atom. The first-order valence-corrected chi connectivity index (χ1v) is 6.14. The highest BCUT2D eigenvalue weighted by Gasteiger charge is 2.15. The van der Waals surface area contributed by atoms with E-state index in [1.807, 2.05) is 0 Å². The summed E-state index contributed by atoms with van der Waals surface area (Å²) in [6.45, 7) is 0.676. The minimum Gasteiger partial charge on any atom is -0.468 e. The van der Waals surface area contributed by atoms with Gasteiger partial charge in [-0.15, -0.1) is 11.6 Å². The SMILES string of the molecule is COC(=O)C(Cl)CNCc1cccc(F)c1Br. The van der Waals surface area contributed by atoms with Crippen LogP contribution in [0.3, 0.4) is 0 Å². The van der Waals surface area contributed by atoms with E-state index in [2.05, 4.69) is 26.0 Å². The number of nitrogens with one attached hydrogen (secondary N) is 1. The Labute approximate surface area is 112 Å². The molecule has 17 heavy (non-hydrogen) atoms. The number of halogens is 3. The van der Waals surface area contributed by atoms with E-state index in [9.17, 15) is 9.18 Å². The second kappa shape index (κ2) is 6.93. The molecule has 94 valence electrons. The molecule has 1 aromatic rings. The Kier molecular flexibility index (Phi) is 5.88. The molecule has 1 unspecified atom stereocenters. The summed E-state index contributed by atoms with van der Waals surface area (Å²) < 4.78 is 18.1. The number of esters is 1. The van der Waals surface area contributed by atoms with Crippen LogP contribution in [0, 0.1) is 5.82 Å². The van der Waals surface area contributed by atoms with Gasteiger partial charge in [0.25, 0.3) is 0 Å². The van der Waals surface area contributed by atoms with Gasteiger partial charge in [0.05, 0.1) is 11.6 Å². The summed E-state index contributed by atoms with van der Waals surface area (Å²) in [5.74, 6) is -0.808. The summed E-state index contributed by atoms with van der Waals surface area (Å²) in [7, 11) is 1.28. The van der Waals surface area contributed by atoms with Crippen LogP contribution in [0.15, 0.2) is 22.7 Å². The lowest BCUT2D eigenvalue weighted by Crippen LogP contribution is -2.29. The second-order valence-corrected chi connectivity index (χ2v) is 4.65. The third kappa shape index (κ3) is 4.26. The molecule has 6 heteroatoms. The zero-order valence-corrected chi connectivity index (χ0v) is 11.5. The van der Waals surface area contributed by atoms with E-state index in [1.165, 1.54) is 13.2 Å². The normalized spacial score (nSPS) is 12.2. The number of ether oxygens (including phenoxy) is 1. The number of carbonyl (C=O) groups excluding carboxylic acids is 1. The van der Waals surface area contributed by atoms with Gasteiger partial charge in [0.15, 0.2) is 0 Å². The molecule has 3 nitrogen and oxygen atoms in total. The van der Waals surface area contributed by atoms with Gasteiger partial charge in [-0.3, -0.25) is 4.79 Å². The van der Waals surface area contributed by atoms with Gasteiger partial charge < -0.3 is 10.1 Å². The summed E-state index contributed by atoms with van der Waals surface area (Å²) >= 11 is 8.90. The standard InChI is InChI=1S/C11H12BrClFNO2/c1-17-11(16)8(13)6-15-5-7-3-2-4-9(14)10(7)12/h2-4,8,15H,5-6H2,1H3. The van der Waals surface area contributed by atoms with Crippen LogP contribution >= 0.6 is 27.5 Å². The second-order valence-electron chi connectivity index (χ2n) is 3.33. The van der Waals surface area contributed by atoms with Crippen LogP contribution in [0.4, 0.5) is 4.39 Å². The molecule has 1 rings (SSSR count). The Morgan fingerprint density at radius 2 is 2.35 bits per heavy atom. The van der Waals surface area contributed by atoms with Crippen LogP contribution in [0.25, 0.3) is 0 Å². The Bertz CT molecular complexity index is 403. The number of hydrogen-bond donors (Lipinski definition) is 1. The fraction of sp³-hybridized carbons (Fsp3) is 0.364. The predicted octanol–water partition coefficient (Wildman–Crippen LogP) is 2.46. The highest BCUT2D eigenvalue weighted by molar-refractivity contribution is 9.10. The van der Waals surface area contributed by atoms with Crippen LogP contribution in [0.1, 0.15) is 5.56 Å². The molecule has 0 saturated heterocycles. The predicted molar refractivity (Wildman–Crippen MR) is 67.5 cm³/mol.